The van der Waals surface area contributed by atoms with Crippen LogP contribution >= 0.6 is 0 Å². The van der Waals surface area contributed by atoms with Gasteiger partial charge in [0.25, 0.3) is 0 Å². The summed E-state index contributed by atoms with van der Waals surface area (Å²) in [6.07, 6.45) is 6.05. The highest BCUT2D eigenvalue weighted by Crippen LogP contribution is 2.43. The summed E-state index contributed by atoms with van der Waals surface area (Å²) in [5.74, 6) is 0. The summed E-state index contributed by atoms with van der Waals surface area (Å²) in [6.45, 7) is 5.47. The molecule has 1 aromatic carbocycles. The maximum absolute atomic E-state index is 6.00. The minimum Gasteiger partial charge on any atom is -0.376 e. The van der Waals surface area contributed by atoms with Crippen molar-refractivity contribution in [2.24, 2.45) is 0 Å². The fraction of sp³-hybridized carbons (Fsp3) is 0.647. The lowest BCUT2D eigenvalue weighted by Crippen LogP contribution is -2.44. The van der Waals surface area contributed by atoms with Crippen LogP contribution in [0, 0.1) is 6.92 Å². The second-order valence-electron chi connectivity index (χ2n) is 5.72. The van der Waals surface area contributed by atoms with E-state index in [-0.39, 0.29) is 5.60 Å². The molecule has 0 radical (unpaired) electrons. The van der Waals surface area contributed by atoms with Crippen molar-refractivity contribution in [3.8, 4) is 0 Å². The van der Waals surface area contributed by atoms with E-state index in [0.29, 0.717) is 6.04 Å². The zero-order valence-electron chi connectivity index (χ0n) is 12.5. The Morgan fingerprint density at radius 3 is 2.53 bits per heavy atom. The van der Waals surface area contributed by atoms with E-state index in [9.17, 15) is 0 Å². The molecular formula is C17H27NO. The summed E-state index contributed by atoms with van der Waals surface area (Å²) in [5.41, 5.74) is 2.75. The van der Waals surface area contributed by atoms with E-state index in [1.165, 1.54) is 36.8 Å². The smallest absolute Gasteiger partial charge is 0.0872 e. The van der Waals surface area contributed by atoms with Crippen molar-refractivity contribution in [1.82, 2.24) is 5.32 Å². The van der Waals surface area contributed by atoms with E-state index in [0.717, 1.165) is 13.0 Å². The number of benzene rings is 1. The average Bonchev–Trinajstić information content (AvgIpc) is 2.91. The zero-order chi connectivity index (χ0) is 13.7. The predicted octanol–water partition coefficient (Wildman–Crippen LogP) is 3.99. The molecular weight excluding hydrogens is 234 g/mol. The van der Waals surface area contributed by atoms with Gasteiger partial charge in [-0.3, -0.25) is 0 Å². The first kappa shape index (κ1) is 14.5. The summed E-state index contributed by atoms with van der Waals surface area (Å²) in [7, 11) is 1.88. The standard InChI is InChI=1S/C17H27NO/c1-4-13-18-16(15-10-6-5-9-14(15)2)17(19-3)11-7-8-12-17/h5-6,9-10,16,18H,4,7-8,11-13H2,1-3H3. The molecule has 0 saturated heterocycles. The van der Waals surface area contributed by atoms with Gasteiger partial charge in [-0.15, -0.1) is 0 Å². The van der Waals surface area contributed by atoms with Crippen LogP contribution in [-0.4, -0.2) is 19.3 Å². The summed E-state index contributed by atoms with van der Waals surface area (Å²) in [4.78, 5) is 0. The average molecular weight is 261 g/mol. The molecule has 1 N–H and O–H groups in total. The van der Waals surface area contributed by atoms with E-state index >= 15 is 0 Å². The fourth-order valence-electron chi connectivity index (χ4n) is 3.36. The van der Waals surface area contributed by atoms with Gasteiger partial charge in [0.05, 0.1) is 11.6 Å². The molecule has 1 saturated carbocycles. The number of methoxy groups -OCH3 is 1. The van der Waals surface area contributed by atoms with E-state index < -0.39 is 0 Å². The fourth-order valence-corrected chi connectivity index (χ4v) is 3.36. The van der Waals surface area contributed by atoms with Gasteiger partial charge in [-0.2, -0.15) is 0 Å². The molecule has 0 bridgehead atoms. The van der Waals surface area contributed by atoms with Crippen molar-refractivity contribution in [3.05, 3.63) is 35.4 Å². The molecule has 0 spiro atoms. The Morgan fingerprint density at radius 1 is 1.26 bits per heavy atom. The van der Waals surface area contributed by atoms with Crippen LogP contribution in [0.1, 0.15) is 56.2 Å². The van der Waals surface area contributed by atoms with Gasteiger partial charge in [-0.25, -0.2) is 0 Å². The second-order valence-corrected chi connectivity index (χ2v) is 5.72. The predicted molar refractivity (Wildman–Crippen MR) is 80.4 cm³/mol. The molecule has 1 aliphatic carbocycles. The summed E-state index contributed by atoms with van der Waals surface area (Å²) < 4.78 is 6.00. The van der Waals surface area contributed by atoms with Gasteiger partial charge in [0.15, 0.2) is 0 Å². The van der Waals surface area contributed by atoms with E-state index in [1.807, 2.05) is 7.11 Å². The van der Waals surface area contributed by atoms with Gasteiger partial charge >= 0.3 is 0 Å². The molecule has 2 heteroatoms. The molecule has 2 nitrogen and oxygen atoms in total. The van der Waals surface area contributed by atoms with Crippen LogP contribution in [0.15, 0.2) is 24.3 Å². The highest BCUT2D eigenvalue weighted by molar-refractivity contribution is 5.31. The lowest BCUT2D eigenvalue weighted by molar-refractivity contribution is -0.0369. The van der Waals surface area contributed by atoms with Crippen molar-refractivity contribution < 1.29 is 4.74 Å². The maximum Gasteiger partial charge on any atom is 0.0872 e. The molecule has 1 aromatic rings. The van der Waals surface area contributed by atoms with Gasteiger partial charge in [-0.1, -0.05) is 44.0 Å². The molecule has 1 atom stereocenters. The highest BCUT2D eigenvalue weighted by Gasteiger charge is 2.42. The van der Waals surface area contributed by atoms with Crippen LogP contribution in [0.25, 0.3) is 0 Å². The van der Waals surface area contributed by atoms with Gasteiger partial charge in [0.1, 0.15) is 0 Å². The first-order valence-electron chi connectivity index (χ1n) is 7.57. The molecule has 1 fully saturated rings. The van der Waals surface area contributed by atoms with E-state index in [1.54, 1.807) is 0 Å². The van der Waals surface area contributed by atoms with Gasteiger partial charge in [0.2, 0.25) is 0 Å². The minimum absolute atomic E-state index is 0.0126. The third-order valence-corrected chi connectivity index (χ3v) is 4.48. The number of hydrogen-bond donors (Lipinski definition) is 1. The van der Waals surface area contributed by atoms with Gasteiger partial charge in [-0.05, 0) is 43.9 Å². The Balaban J connectivity index is 2.32. The van der Waals surface area contributed by atoms with Crippen LogP contribution in [0.2, 0.25) is 0 Å². The molecule has 1 unspecified atom stereocenters. The van der Waals surface area contributed by atoms with Crippen LogP contribution in [0.4, 0.5) is 0 Å². The first-order valence-corrected chi connectivity index (χ1v) is 7.57. The number of aryl methyl sites for hydroxylation is 1. The Bertz CT molecular complexity index is 396. The quantitative estimate of drug-likeness (QED) is 0.836. The molecule has 0 amide bonds. The van der Waals surface area contributed by atoms with Crippen molar-refractivity contribution >= 4 is 0 Å². The SMILES string of the molecule is CCCNC(c1ccccc1C)C1(OC)CCCC1. The van der Waals surface area contributed by atoms with Crippen molar-refractivity contribution in [2.75, 3.05) is 13.7 Å². The molecule has 2 rings (SSSR count). The van der Waals surface area contributed by atoms with Gasteiger partial charge in [0, 0.05) is 7.11 Å². The van der Waals surface area contributed by atoms with Crippen molar-refractivity contribution in [2.45, 2.75) is 57.6 Å². The minimum atomic E-state index is -0.0126. The normalized spacial score (nSPS) is 19.5. The van der Waals surface area contributed by atoms with E-state index in [4.69, 9.17) is 4.74 Å². The Hall–Kier alpha value is -0.860. The summed E-state index contributed by atoms with van der Waals surface area (Å²) in [5, 5.41) is 3.74. The van der Waals surface area contributed by atoms with Crippen molar-refractivity contribution in [3.63, 3.8) is 0 Å². The lowest BCUT2D eigenvalue weighted by Gasteiger charge is -2.38. The van der Waals surface area contributed by atoms with Crippen LogP contribution < -0.4 is 5.32 Å². The number of nitrogens with one attached hydrogen (secondary N) is 1. The Labute approximate surface area is 117 Å². The monoisotopic (exact) mass is 261 g/mol. The molecule has 0 aromatic heterocycles. The molecule has 1 aliphatic rings. The van der Waals surface area contributed by atoms with Crippen LogP contribution in [-0.2, 0) is 4.74 Å². The number of hydrogen-bond acceptors (Lipinski definition) is 2. The zero-order valence-corrected chi connectivity index (χ0v) is 12.5. The third-order valence-electron chi connectivity index (χ3n) is 4.48. The first-order chi connectivity index (χ1) is 9.23. The molecule has 19 heavy (non-hydrogen) atoms. The van der Waals surface area contributed by atoms with Gasteiger partial charge < -0.3 is 10.1 Å². The molecule has 0 heterocycles. The number of ether oxygens (including phenoxy) is 1. The van der Waals surface area contributed by atoms with Crippen LogP contribution in [0.3, 0.4) is 0 Å². The van der Waals surface area contributed by atoms with E-state index in [2.05, 4.69) is 43.4 Å². The second kappa shape index (κ2) is 6.53. The highest BCUT2D eigenvalue weighted by atomic mass is 16.5. The summed E-state index contributed by atoms with van der Waals surface area (Å²) in [6, 6.07) is 9.03. The molecule has 0 aliphatic heterocycles. The van der Waals surface area contributed by atoms with Crippen LogP contribution in [0.5, 0.6) is 0 Å². The van der Waals surface area contributed by atoms with Crippen molar-refractivity contribution in [1.29, 1.82) is 0 Å². The summed E-state index contributed by atoms with van der Waals surface area (Å²) >= 11 is 0. The molecule has 106 valence electrons. The maximum atomic E-state index is 6.00. The third kappa shape index (κ3) is 3.01. The largest absolute Gasteiger partial charge is 0.376 e. The Kier molecular flexibility index (Phi) is 5.00. The lowest BCUT2D eigenvalue weighted by atomic mass is 9.84. The Morgan fingerprint density at radius 2 is 1.95 bits per heavy atom. The number of rotatable bonds is 6. The topological polar surface area (TPSA) is 21.3 Å².